The van der Waals surface area contributed by atoms with Crippen LogP contribution in [0.25, 0.3) is 22.3 Å². The summed E-state index contributed by atoms with van der Waals surface area (Å²) in [5.74, 6) is 0.205. The molecule has 0 aliphatic rings. The highest BCUT2D eigenvalue weighted by Gasteiger charge is 2.19. The lowest BCUT2D eigenvalue weighted by atomic mass is 9.96. The quantitative estimate of drug-likeness (QED) is 0.152. The third kappa shape index (κ3) is 7.06. The molecule has 0 aliphatic heterocycles. The average Bonchev–Trinajstić information content (AvgIpc) is 3.01. The van der Waals surface area contributed by atoms with Gasteiger partial charge in [-0.3, -0.25) is 9.59 Å². The highest BCUT2D eigenvalue weighted by molar-refractivity contribution is 6.37. The second-order valence-corrected chi connectivity index (χ2v) is 11.6. The molecule has 8 nitrogen and oxygen atoms in total. The molecule has 1 heterocycles. The standard InChI is InChI=1S/C35H31Cl2FN4O4/c1-5-45-31-14-21(4)25(17-24(31)20(2)3)34-41-29-12-8-6-10-23(29)35(44)42(34)39-18-22-15-26(36)33(27(37)16-22)46-19-32(43)40-30-13-9-7-11-28(30)38/h6-18,20H,5,19H2,1-4H3,(H,40,43). The van der Waals surface area contributed by atoms with Crippen molar-refractivity contribution in [3.8, 4) is 22.9 Å². The van der Waals surface area contributed by atoms with E-state index in [-0.39, 0.29) is 33.0 Å². The van der Waals surface area contributed by atoms with E-state index < -0.39 is 18.3 Å². The van der Waals surface area contributed by atoms with Gasteiger partial charge in [0.25, 0.3) is 11.5 Å². The van der Waals surface area contributed by atoms with E-state index in [4.69, 9.17) is 37.7 Å². The Labute approximate surface area is 275 Å². The minimum atomic E-state index is -0.594. The Morgan fingerprint density at radius 2 is 1.74 bits per heavy atom. The summed E-state index contributed by atoms with van der Waals surface area (Å²) in [5.41, 5.74) is 3.27. The zero-order valence-electron chi connectivity index (χ0n) is 25.6. The Morgan fingerprint density at radius 3 is 2.43 bits per heavy atom. The van der Waals surface area contributed by atoms with Gasteiger partial charge in [0.2, 0.25) is 0 Å². The SMILES string of the molecule is CCOc1cc(C)c(-c2nc3ccccc3c(=O)n2N=Cc2cc(Cl)c(OCC(=O)Nc3ccccc3F)c(Cl)c2)cc1C(C)C. The number of amides is 1. The largest absolute Gasteiger partial charge is 0.494 e. The molecule has 0 aliphatic carbocycles. The lowest BCUT2D eigenvalue weighted by Gasteiger charge is -2.18. The number of carbonyl (C=O) groups excluding carboxylic acids is 1. The monoisotopic (exact) mass is 660 g/mol. The van der Waals surface area contributed by atoms with Crippen molar-refractivity contribution in [2.45, 2.75) is 33.6 Å². The van der Waals surface area contributed by atoms with Crippen LogP contribution in [0.2, 0.25) is 10.0 Å². The second-order valence-electron chi connectivity index (χ2n) is 10.7. The van der Waals surface area contributed by atoms with Crippen LogP contribution in [0.4, 0.5) is 10.1 Å². The van der Waals surface area contributed by atoms with Crippen LogP contribution < -0.4 is 20.3 Å². The summed E-state index contributed by atoms with van der Waals surface area (Å²) in [6.45, 7) is 8.10. The van der Waals surface area contributed by atoms with E-state index in [0.717, 1.165) is 22.4 Å². The van der Waals surface area contributed by atoms with E-state index in [1.807, 2.05) is 32.0 Å². The first-order valence-corrected chi connectivity index (χ1v) is 15.3. The molecular weight excluding hydrogens is 630 g/mol. The summed E-state index contributed by atoms with van der Waals surface area (Å²) in [6, 6.07) is 19.9. The van der Waals surface area contributed by atoms with Crippen LogP contribution in [0.15, 0.2) is 82.7 Å². The van der Waals surface area contributed by atoms with Crippen molar-refractivity contribution in [2.24, 2.45) is 5.10 Å². The number of hydrogen-bond donors (Lipinski definition) is 1. The predicted octanol–water partition coefficient (Wildman–Crippen LogP) is 8.24. The molecule has 0 fully saturated rings. The highest BCUT2D eigenvalue weighted by Crippen LogP contribution is 2.35. The molecule has 0 saturated carbocycles. The number of para-hydroxylation sites is 2. The topological polar surface area (TPSA) is 94.8 Å². The molecule has 0 spiro atoms. The number of nitrogens with zero attached hydrogens (tertiary/aromatic N) is 3. The average molecular weight is 662 g/mol. The molecule has 0 radical (unpaired) electrons. The van der Waals surface area contributed by atoms with Gasteiger partial charge in [-0.1, -0.05) is 61.3 Å². The number of rotatable bonds is 10. The van der Waals surface area contributed by atoms with Gasteiger partial charge in [-0.2, -0.15) is 9.78 Å². The molecule has 0 bridgehead atoms. The smallest absolute Gasteiger partial charge is 0.282 e. The van der Waals surface area contributed by atoms with E-state index in [1.54, 1.807) is 36.4 Å². The fraction of sp³-hybridized carbons (Fsp3) is 0.200. The van der Waals surface area contributed by atoms with E-state index >= 15 is 0 Å². The predicted molar refractivity (Wildman–Crippen MR) is 181 cm³/mol. The number of aromatic nitrogens is 2. The number of benzene rings is 4. The van der Waals surface area contributed by atoms with Gasteiger partial charge in [0.05, 0.1) is 39.5 Å². The zero-order chi connectivity index (χ0) is 33.0. The Bertz CT molecular complexity index is 2000. The molecule has 1 aromatic heterocycles. The van der Waals surface area contributed by atoms with E-state index in [1.165, 1.54) is 29.1 Å². The van der Waals surface area contributed by atoms with Crippen molar-refractivity contribution in [3.63, 3.8) is 0 Å². The summed E-state index contributed by atoms with van der Waals surface area (Å²) in [6.07, 6.45) is 1.45. The molecule has 0 unspecified atom stereocenters. The first-order chi connectivity index (χ1) is 22.1. The molecule has 46 heavy (non-hydrogen) atoms. The molecule has 5 aromatic rings. The van der Waals surface area contributed by atoms with Crippen molar-refractivity contribution in [3.05, 3.63) is 116 Å². The highest BCUT2D eigenvalue weighted by atomic mass is 35.5. The van der Waals surface area contributed by atoms with Crippen LogP contribution in [-0.2, 0) is 4.79 Å². The number of fused-ring (bicyclic) bond motifs is 1. The van der Waals surface area contributed by atoms with Gasteiger partial charge in [0.15, 0.2) is 18.2 Å². The maximum Gasteiger partial charge on any atom is 0.282 e. The molecule has 1 amide bonds. The summed E-state index contributed by atoms with van der Waals surface area (Å²) in [7, 11) is 0. The first kappa shape index (κ1) is 32.7. The van der Waals surface area contributed by atoms with Crippen molar-refractivity contribution >= 4 is 51.9 Å². The molecule has 0 atom stereocenters. The Hall–Kier alpha value is -4.73. The Kier molecular flexibility index (Phi) is 10.0. The van der Waals surface area contributed by atoms with Crippen molar-refractivity contribution in [1.29, 1.82) is 0 Å². The van der Waals surface area contributed by atoms with E-state index in [0.29, 0.717) is 28.9 Å². The number of nitrogens with one attached hydrogen (secondary N) is 1. The summed E-state index contributed by atoms with van der Waals surface area (Å²) >= 11 is 12.9. The Morgan fingerprint density at radius 1 is 1.04 bits per heavy atom. The maximum absolute atomic E-state index is 13.9. The number of carbonyl (C=O) groups is 1. The minimum absolute atomic E-state index is 0.0264. The lowest BCUT2D eigenvalue weighted by Crippen LogP contribution is -2.21. The Balaban J connectivity index is 1.49. The third-order valence-electron chi connectivity index (χ3n) is 7.11. The second kappa shape index (κ2) is 14.1. The third-order valence-corrected chi connectivity index (χ3v) is 7.67. The molecule has 1 N–H and O–H groups in total. The van der Waals surface area contributed by atoms with Crippen LogP contribution in [0.5, 0.6) is 11.5 Å². The van der Waals surface area contributed by atoms with Crippen molar-refractivity contribution in [2.75, 3.05) is 18.5 Å². The molecule has 0 saturated heterocycles. The molecule has 5 rings (SSSR count). The van der Waals surface area contributed by atoms with Crippen LogP contribution in [-0.4, -0.2) is 35.0 Å². The van der Waals surface area contributed by atoms with Gasteiger partial charge in [0, 0.05) is 5.56 Å². The number of hydrogen-bond acceptors (Lipinski definition) is 6. The van der Waals surface area contributed by atoms with E-state index in [2.05, 4.69) is 24.3 Å². The lowest BCUT2D eigenvalue weighted by molar-refractivity contribution is -0.118. The van der Waals surface area contributed by atoms with Gasteiger partial charge in [-0.05, 0) is 85.0 Å². The van der Waals surface area contributed by atoms with Crippen molar-refractivity contribution in [1.82, 2.24) is 9.66 Å². The fourth-order valence-electron chi connectivity index (χ4n) is 4.88. The fourth-order valence-corrected chi connectivity index (χ4v) is 5.49. The molecular formula is C35H31Cl2FN4O4. The van der Waals surface area contributed by atoms with Crippen LogP contribution in [0.1, 0.15) is 43.4 Å². The van der Waals surface area contributed by atoms with Gasteiger partial charge in [0.1, 0.15) is 11.6 Å². The molecule has 4 aromatic carbocycles. The van der Waals surface area contributed by atoms with Crippen LogP contribution >= 0.6 is 23.2 Å². The number of ether oxygens (including phenoxy) is 2. The molecule has 236 valence electrons. The normalized spacial score (nSPS) is 11.4. The van der Waals surface area contributed by atoms with Crippen LogP contribution in [0.3, 0.4) is 0 Å². The minimum Gasteiger partial charge on any atom is -0.494 e. The summed E-state index contributed by atoms with van der Waals surface area (Å²) in [5, 5.41) is 7.61. The summed E-state index contributed by atoms with van der Waals surface area (Å²) in [4.78, 5) is 31.0. The number of aryl methyl sites for hydroxylation is 1. The summed E-state index contributed by atoms with van der Waals surface area (Å²) < 4.78 is 26.6. The maximum atomic E-state index is 13.9. The first-order valence-electron chi connectivity index (χ1n) is 14.6. The van der Waals surface area contributed by atoms with Gasteiger partial charge >= 0.3 is 0 Å². The molecule has 11 heteroatoms. The van der Waals surface area contributed by atoms with Gasteiger partial charge in [-0.15, -0.1) is 0 Å². The van der Waals surface area contributed by atoms with Crippen LogP contribution in [0, 0.1) is 12.7 Å². The zero-order valence-corrected chi connectivity index (χ0v) is 27.1. The van der Waals surface area contributed by atoms with E-state index in [9.17, 15) is 14.0 Å². The van der Waals surface area contributed by atoms with Gasteiger partial charge in [-0.25, -0.2) is 9.37 Å². The van der Waals surface area contributed by atoms with Crippen molar-refractivity contribution < 1.29 is 18.7 Å². The number of anilines is 1. The van der Waals surface area contributed by atoms with Gasteiger partial charge < -0.3 is 14.8 Å². The number of halogens is 3.